The minimum absolute atomic E-state index is 0.138. The van der Waals surface area contributed by atoms with Gasteiger partial charge in [-0.05, 0) is 45.0 Å². The van der Waals surface area contributed by atoms with Crippen molar-refractivity contribution in [2.24, 2.45) is 5.92 Å². The minimum Gasteiger partial charge on any atom is -0.464 e. The van der Waals surface area contributed by atoms with Crippen LogP contribution in [0.1, 0.15) is 27.2 Å². The molecule has 0 amide bonds. The van der Waals surface area contributed by atoms with Crippen LogP contribution in [-0.2, 0) is 0 Å². The first-order valence-corrected chi connectivity index (χ1v) is 7.24. The van der Waals surface area contributed by atoms with Crippen molar-refractivity contribution in [1.29, 1.82) is 0 Å². The third-order valence-corrected chi connectivity index (χ3v) is 2.70. The van der Waals surface area contributed by atoms with Gasteiger partial charge in [-0.25, -0.2) is 0 Å². The first-order valence-electron chi connectivity index (χ1n) is 6.86. The molecule has 1 atom stereocenters. The predicted octanol–water partition coefficient (Wildman–Crippen LogP) is 2.31. The third kappa shape index (κ3) is 6.34. The van der Waals surface area contributed by atoms with Crippen LogP contribution in [0.25, 0.3) is 0 Å². The average molecular weight is 302 g/mol. The van der Waals surface area contributed by atoms with Gasteiger partial charge >= 0.3 is 6.01 Å². The van der Waals surface area contributed by atoms with Gasteiger partial charge in [0.25, 0.3) is 0 Å². The standard InChI is InChI=1S/C13H24ClN5O/c1-6-20-13-17-11(14)16-12(18-13)15-10(7-9(2)3)8-19(4)5/h9-10H,6-8H2,1-5H3,(H,15,16,17,18). The van der Waals surface area contributed by atoms with E-state index >= 15 is 0 Å². The van der Waals surface area contributed by atoms with Crippen LogP contribution in [0.5, 0.6) is 6.01 Å². The maximum Gasteiger partial charge on any atom is 0.322 e. The summed E-state index contributed by atoms with van der Waals surface area (Å²) in [6.45, 7) is 7.64. The molecule has 1 aromatic rings. The number of hydrogen-bond acceptors (Lipinski definition) is 6. The highest BCUT2D eigenvalue weighted by atomic mass is 35.5. The number of likely N-dealkylation sites (N-methyl/N-ethyl adjacent to an activating group) is 1. The molecule has 1 heterocycles. The molecular weight excluding hydrogens is 278 g/mol. The van der Waals surface area contributed by atoms with Crippen molar-refractivity contribution in [3.8, 4) is 6.01 Å². The normalized spacial score (nSPS) is 12.8. The van der Waals surface area contributed by atoms with Gasteiger partial charge in [-0.2, -0.15) is 15.0 Å². The molecule has 0 radical (unpaired) electrons. The van der Waals surface area contributed by atoms with Crippen molar-refractivity contribution >= 4 is 17.5 Å². The lowest BCUT2D eigenvalue weighted by Gasteiger charge is -2.23. The molecule has 0 spiro atoms. The van der Waals surface area contributed by atoms with E-state index in [4.69, 9.17) is 16.3 Å². The van der Waals surface area contributed by atoms with Crippen LogP contribution >= 0.6 is 11.6 Å². The second-order valence-electron chi connectivity index (χ2n) is 5.38. The van der Waals surface area contributed by atoms with Crippen molar-refractivity contribution in [3.63, 3.8) is 0 Å². The van der Waals surface area contributed by atoms with Crippen LogP contribution in [0, 0.1) is 5.92 Å². The number of rotatable bonds is 8. The Morgan fingerprint density at radius 2 is 1.95 bits per heavy atom. The molecule has 1 aromatic heterocycles. The quantitative estimate of drug-likeness (QED) is 0.795. The molecule has 1 N–H and O–H groups in total. The number of ether oxygens (including phenoxy) is 1. The molecule has 114 valence electrons. The van der Waals surface area contributed by atoms with Crippen molar-refractivity contribution in [3.05, 3.63) is 5.28 Å². The summed E-state index contributed by atoms with van der Waals surface area (Å²) in [6.07, 6.45) is 1.02. The van der Waals surface area contributed by atoms with Gasteiger partial charge < -0.3 is 15.0 Å². The Bertz CT molecular complexity index is 404. The monoisotopic (exact) mass is 301 g/mol. The summed E-state index contributed by atoms with van der Waals surface area (Å²) in [4.78, 5) is 14.4. The molecule has 0 saturated heterocycles. The Morgan fingerprint density at radius 3 is 2.50 bits per heavy atom. The van der Waals surface area contributed by atoms with Gasteiger partial charge in [0.05, 0.1) is 6.61 Å². The van der Waals surface area contributed by atoms with Crippen LogP contribution in [0.3, 0.4) is 0 Å². The van der Waals surface area contributed by atoms with Gasteiger partial charge in [-0.1, -0.05) is 13.8 Å². The van der Waals surface area contributed by atoms with E-state index in [1.165, 1.54) is 0 Å². The minimum atomic E-state index is 0.138. The highest BCUT2D eigenvalue weighted by Crippen LogP contribution is 2.15. The van der Waals surface area contributed by atoms with Crippen LogP contribution < -0.4 is 10.1 Å². The molecular formula is C13H24ClN5O. The van der Waals surface area contributed by atoms with Crippen molar-refractivity contribution < 1.29 is 4.74 Å². The Morgan fingerprint density at radius 1 is 1.25 bits per heavy atom. The lowest BCUT2D eigenvalue weighted by molar-refractivity contribution is 0.311. The summed E-state index contributed by atoms with van der Waals surface area (Å²) in [5.74, 6) is 1.04. The maximum atomic E-state index is 5.89. The number of aromatic nitrogens is 3. The summed E-state index contributed by atoms with van der Waals surface area (Å²) >= 11 is 5.89. The molecule has 6 nitrogen and oxygen atoms in total. The van der Waals surface area contributed by atoms with Crippen LogP contribution in [0.4, 0.5) is 5.95 Å². The molecule has 20 heavy (non-hydrogen) atoms. The van der Waals surface area contributed by atoms with Crippen LogP contribution in [-0.4, -0.2) is 53.1 Å². The smallest absolute Gasteiger partial charge is 0.322 e. The van der Waals surface area contributed by atoms with E-state index in [0.717, 1.165) is 13.0 Å². The summed E-state index contributed by atoms with van der Waals surface area (Å²) in [5, 5.41) is 3.45. The van der Waals surface area contributed by atoms with Crippen LogP contribution in [0.2, 0.25) is 5.28 Å². The van der Waals surface area contributed by atoms with E-state index < -0.39 is 0 Å². The van der Waals surface area contributed by atoms with E-state index in [9.17, 15) is 0 Å². The molecule has 1 rings (SSSR count). The van der Waals surface area contributed by atoms with Crippen molar-refractivity contribution in [1.82, 2.24) is 19.9 Å². The van der Waals surface area contributed by atoms with Gasteiger partial charge in [0.1, 0.15) is 0 Å². The van der Waals surface area contributed by atoms with E-state index in [0.29, 0.717) is 18.5 Å². The Balaban J connectivity index is 2.80. The molecule has 1 unspecified atom stereocenters. The van der Waals surface area contributed by atoms with Gasteiger partial charge in [0.15, 0.2) is 0 Å². The Kier molecular flexibility index (Phi) is 6.95. The Labute approximate surface area is 125 Å². The second-order valence-corrected chi connectivity index (χ2v) is 5.71. The van der Waals surface area contributed by atoms with E-state index in [2.05, 4.69) is 39.0 Å². The first-order chi connectivity index (χ1) is 9.40. The number of halogens is 1. The molecule has 0 bridgehead atoms. The number of nitrogens with one attached hydrogen (secondary N) is 1. The van der Waals surface area contributed by atoms with Crippen molar-refractivity contribution in [2.75, 3.05) is 32.6 Å². The van der Waals surface area contributed by atoms with Gasteiger partial charge in [0, 0.05) is 12.6 Å². The van der Waals surface area contributed by atoms with Gasteiger partial charge in [-0.3, -0.25) is 0 Å². The zero-order chi connectivity index (χ0) is 15.1. The summed E-state index contributed by atoms with van der Waals surface area (Å²) in [5.41, 5.74) is 0. The number of anilines is 1. The summed E-state index contributed by atoms with van der Waals surface area (Å²) in [6, 6.07) is 0.501. The largest absolute Gasteiger partial charge is 0.464 e. The molecule has 0 fully saturated rings. The van der Waals surface area contributed by atoms with Crippen LogP contribution in [0.15, 0.2) is 0 Å². The van der Waals surface area contributed by atoms with Gasteiger partial charge in [0.2, 0.25) is 11.2 Å². The van der Waals surface area contributed by atoms with E-state index in [-0.39, 0.29) is 17.3 Å². The zero-order valence-electron chi connectivity index (χ0n) is 12.9. The molecule has 0 aliphatic carbocycles. The fourth-order valence-corrected chi connectivity index (χ4v) is 2.11. The number of hydrogen-bond donors (Lipinski definition) is 1. The maximum absolute atomic E-state index is 5.89. The average Bonchev–Trinajstić information content (AvgIpc) is 2.26. The van der Waals surface area contributed by atoms with Gasteiger partial charge in [-0.15, -0.1) is 0 Å². The predicted molar refractivity (Wildman–Crippen MR) is 81.4 cm³/mol. The van der Waals surface area contributed by atoms with E-state index in [1.807, 2.05) is 21.0 Å². The topological polar surface area (TPSA) is 63.2 Å². The molecule has 7 heteroatoms. The van der Waals surface area contributed by atoms with Crippen molar-refractivity contribution in [2.45, 2.75) is 33.2 Å². The highest BCUT2D eigenvalue weighted by molar-refractivity contribution is 6.28. The highest BCUT2D eigenvalue weighted by Gasteiger charge is 2.15. The zero-order valence-corrected chi connectivity index (χ0v) is 13.6. The lowest BCUT2D eigenvalue weighted by Crippen LogP contribution is -2.34. The molecule has 0 aliphatic rings. The fraction of sp³-hybridized carbons (Fsp3) is 0.769. The SMILES string of the molecule is CCOc1nc(Cl)nc(NC(CC(C)C)CN(C)C)n1. The second kappa shape index (κ2) is 8.21. The third-order valence-electron chi connectivity index (χ3n) is 2.54. The summed E-state index contributed by atoms with van der Waals surface area (Å²) in [7, 11) is 4.09. The molecule has 0 aromatic carbocycles. The molecule has 0 aliphatic heterocycles. The van der Waals surface area contributed by atoms with E-state index in [1.54, 1.807) is 0 Å². The summed E-state index contributed by atoms with van der Waals surface area (Å²) < 4.78 is 5.27. The lowest BCUT2D eigenvalue weighted by atomic mass is 10.0. The fourth-order valence-electron chi connectivity index (χ4n) is 1.96. The molecule has 0 saturated carbocycles. The Hall–Kier alpha value is -1.14. The number of nitrogens with zero attached hydrogens (tertiary/aromatic N) is 4. The first kappa shape index (κ1) is 16.9.